The van der Waals surface area contributed by atoms with Crippen molar-refractivity contribution < 1.29 is 21.8 Å². The zero-order chi connectivity index (χ0) is 8.58. The predicted molar refractivity (Wildman–Crippen MR) is 28.2 cm³/mol. The van der Waals surface area contributed by atoms with Crippen LogP contribution in [0.4, 0.5) is 13.4 Å². The molecule has 62 valence electrons. The lowest BCUT2D eigenvalue weighted by Gasteiger charge is -2.13. The van der Waals surface area contributed by atoms with Crippen molar-refractivity contribution >= 4 is 10.0 Å². The van der Waals surface area contributed by atoms with Crippen LogP contribution in [0.5, 0.6) is 0 Å². The Hall–Kier alpha value is -0.300. The fourth-order valence-electron chi connectivity index (χ4n) is 0.164. The number of nitrogens with zero attached hydrogens (tertiary/aromatic N) is 1. The van der Waals surface area contributed by atoms with Crippen LogP contribution in [0.3, 0.4) is 0 Å². The molecule has 0 amide bonds. The Kier molecular flexibility index (Phi) is 2.32. The topological polar surface area (TPSA) is 37.4 Å². The summed E-state index contributed by atoms with van der Waals surface area (Å²) in [7, 11) is -5.08. The molecule has 0 bridgehead atoms. The molecule has 10 heavy (non-hydrogen) atoms. The third-order valence-electron chi connectivity index (χ3n) is 0.795. The first kappa shape index (κ1) is 9.70. The van der Waals surface area contributed by atoms with Crippen molar-refractivity contribution in [3.8, 4) is 0 Å². The molecule has 0 rings (SSSR count). The molecule has 0 heterocycles. The highest BCUT2D eigenvalue weighted by atomic mass is 32.2. The van der Waals surface area contributed by atoms with Gasteiger partial charge >= 0.3 is 10.0 Å². The van der Waals surface area contributed by atoms with Crippen LogP contribution in [0.1, 0.15) is 13.8 Å². The molecule has 0 aliphatic carbocycles. The summed E-state index contributed by atoms with van der Waals surface area (Å²) in [5, 5.41) is -2.93. The predicted octanol–water partition coefficient (Wildman–Crippen LogP) is 1.09. The van der Waals surface area contributed by atoms with Gasteiger partial charge in [-0.3, -0.25) is 0 Å². The summed E-state index contributed by atoms with van der Waals surface area (Å²) in [6.07, 6.45) is 0. The Balaban J connectivity index is 4.79. The van der Waals surface area contributed by atoms with Crippen LogP contribution in [-0.2, 0) is 10.0 Å². The van der Waals surface area contributed by atoms with Gasteiger partial charge in [0, 0.05) is 0 Å². The van der Waals surface area contributed by atoms with Crippen molar-refractivity contribution in [1.82, 2.24) is 4.75 Å². The van der Waals surface area contributed by atoms with Gasteiger partial charge in [0.2, 0.25) is 5.00 Å². The number of sulfonamides is 1. The second-order valence-corrected chi connectivity index (χ2v) is 4.24. The summed E-state index contributed by atoms with van der Waals surface area (Å²) in [6, 6.07) is 0. The molecule has 0 saturated carbocycles. The van der Waals surface area contributed by atoms with Crippen molar-refractivity contribution in [2.24, 2.45) is 0 Å². The Labute approximate surface area is 56.4 Å². The van der Waals surface area contributed by atoms with Gasteiger partial charge in [-0.15, -0.1) is 0 Å². The van der Waals surface area contributed by atoms with Crippen molar-refractivity contribution in [2.45, 2.75) is 18.8 Å². The van der Waals surface area contributed by atoms with E-state index in [2.05, 4.69) is 0 Å². The summed E-state index contributed by atoms with van der Waals surface area (Å²) in [6.45, 7) is 1.07. The summed E-state index contributed by atoms with van der Waals surface area (Å²) in [5.74, 6) is 0. The van der Waals surface area contributed by atoms with Crippen LogP contribution >= 0.6 is 0 Å². The van der Waals surface area contributed by atoms with Gasteiger partial charge in [-0.1, -0.05) is 8.96 Å². The van der Waals surface area contributed by atoms with Crippen molar-refractivity contribution in [3.63, 3.8) is 0 Å². The molecule has 0 radical (unpaired) electrons. The summed E-state index contributed by atoms with van der Waals surface area (Å²) >= 11 is 0. The van der Waals surface area contributed by atoms with Gasteiger partial charge in [0.25, 0.3) is 0 Å². The third kappa shape index (κ3) is 1.60. The summed E-state index contributed by atoms with van der Waals surface area (Å²) < 4.78 is 53.1. The van der Waals surface area contributed by atoms with E-state index in [4.69, 9.17) is 0 Å². The Morgan fingerprint density at radius 2 is 1.60 bits per heavy atom. The molecule has 0 aliphatic heterocycles. The molecular weight excluding hydrogens is 171 g/mol. The van der Waals surface area contributed by atoms with E-state index in [0.29, 0.717) is 13.8 Å². The fourth-order valence-corrected chi connectivity index (χ4v) is 0.492. The summed E-state index contributed by atoms with van der Waals surface area (Å²) in [4.78, 5) is 0. The number of alkyl halides is 1. The Bertz CT molecular complexity index is 204. The van der Waals surface area contributed by atoms with Crippen LogP contribution in [0.15, 0.2) is 0 Å². The average Bonchev–Trinajstić information content (AvgIpc) is 1.62. The SMILES string of the molecule is CC(C)(F)S(=O)(=O)N(F)F. The van der Waals surface area contributed by atoms with Crippen LogP contribution in [0.2, 0.25) is 0 Å². The van der Waals surface area contributed by atoms with Crippen molar-refractivity contribution in [3.05, 3.63) is 0 Å². The molecule has 0 N–H and O–H groups in total. The third-order valence-corrected chi connectivity index (χ3v) is 2.39. The maximum Gasteiger partial charge on any atom is 0.302 e. The lowest BCUT2D eigenvalue weighted by Crippen LogP contribution is -2.33. The smallest absolute Gasteiger partial charge is 0.225 e. The Morgan fingerprint density at radius 1 is 1.30 bits per heavy atom. The molecule has 7 heteroatoms. The van der Waals surface area contributed by atoms with Gasteiger partial charge < -0.3 is 0 Å². The molecule has 0 atom stereocenters. The number of rotatable bonds is 2. The van der Waals surface area contributed by atoms with Gasteiger partial charge in [-0.2, -0.15) is 0 Å². The molecule has 0 spiro atoms. The van der Waals surface area contributed by atoms with Crippen LogP contribution < -0.4 is 0 Å². The van der Waals surface area contributed by atoms with Gasteiger partial charge in [-0.05, 0) is 13.8 Å². The van der Waals surface area contributed by atoms with Crippen LogP contribution in [-0.4, -0.2) is 18.2 Å². The zero-order valence-electron chi connectivity index (χ0n) is 5.31. The molecule has 0 unspecified atom stereocenters. The number of hydrogen-bond acceptors (Lipinski definition) is 2. The second-order valence-electron chi connectivity index (χ2n) is 2.04. The normalized spacial score (nSPS) is 14.2. The van der Waals surface area contributed by atoms with Gasteiger partial charge in [-0.25, -0.2) is 12.8 Å². The number of hydrogen-bond donors (Lipinski definition) is 0. The minimum atomic E-state index is -5.08. The Morgan fingerprint density at radius 3 is 1.60 bits per heavy atom. The van der Waals surface area contributed by atoms with E-state index in [1.165, 1.54) is 0 Å². The highest BCUT2D eigenvalue weighted by Crippen LogP contribution is 2.22. The van der Waals surface area contributed by atoms with E-state index in [0.717, 1.165) is 0 Å². The van der Waals surface area contributed by atoms with Crippen LogP contribution in [0.25, 0.3) is 0 Å². The van der Waals surface area contributed by atoms with Crippen molar-refractivity contribution in [2.75, 3.05) is 0 Å². The van der Waals surface area contributed by atoms with E-state index in [1.54, 1.807) is 0 Å². The standard InChI is InChI=1S/C3H6F3NO2S/c1-3(2,4)10(8,9)7(5)6/h1-2H3. The maximum absolute atomic E-state index is 12.3. The highest BCUT2D eigenvalue weighted by Gasteiger charge is 2.41. The minimum Gasteiger partial charge on any atom is -0.225 e. The second kappa shape index (κ2) is 2.39. The molecule has 0 aromatic rings. The largest absolute Gasteiger partial charge is 0.302 e. The molecule has 0 aromatic carbocycles. The van der Waals surface area contributed by atoms with E-state index >= 15 is 0 Å². The minimum absolute atomic E-state index is 0.536. The van der Waals surface area contributed by atoms with Gasteiger partial charge in [0.15, 0.2) is 0 Å². The fraction of sp³-hybridized carbons (Fsp3) is 1.00. The molecule has 0 saturated heterocycles. The average molecular weight is 177 g/mol. The lowest BCUT2D eigenvalue weighted by atomic mass is 10.5. The lowest BCUT2D eigenvalue weighted by molar-refractivity contribution is -0.0592. The quantitative estimate of drug-likeness (QED) is 0.592. The molecule has 0 aliphatic rings. The molecule has 0 aromatic heterocycles. The van der Waals surface area contributed by atoms with Crippen molar-refractivity contribution in [1.29, 1.82) is 0 Å². The summed E-state index contributed by atoms with van der Waals surface area (Å²) in [5.41, 5.74) is 0. The monoisotopic (exact) mass is 177 g/mol. The number of halogens is 3. The zero-order valence-corrected chi connectivity index (χ0v) is 6.12. The van der Waals surface area contributed by atoms with Gasteiger partial charge in [0.1, 0.15) is 4.75 Å². The first-order chi connectivity index (χ1) is 4.19. The first-order valence-corrected chi connectivity index (χ1v) is 3.69. The molecular formula is C3H6F3NO2S. The highest BCUT2D eigenvalue weighted by molar-refractivity contribution is 7.90. The first-order valence-electron chi connectivity index (χ1n) is 2.25. The maximum atomic E-state index is 12.3. The van der Waals surface area contributed by atoms with E-state index < -0.39 is 19.8 Å². The van der Waals surface area contributed by atoms with Crippen LogP contribution in [0, 0.1) is 0 Å². The molecule has 0 fully saturated rings. The van der Waals surface area contributed by atoms with E-state index in [-0.39, 0.29) is 0 Å². The van der Waals surface area contributed by atoms with E-state index in [1.807, 2.05) is 0 Å². The van der Waals surface area contributed by atoms with Gasteiger partial charge in [0.05, 0.1) is 0 Å². The molecule has 3 nitrogen and oxygen atoms in total. The van der Waals surface area contributed by atoms with E-state index in [9.17, 15) is 21.8 Å².